The third-order valence-corrected chi connectivity index (χ3v) is 2.16. The zero-order valence-electron chi connectivity index (χ0n) is 9.60. The normalized spacial score (nSPS) is 10.7. The van der Waals surface area contributed by atoms with Crippen molar-refractivity contribution in [2.45, 2.75) is 27.2 Å². The van der Waals surface area contributed by atoms with Gasteiger partial charge in [0, 0.05) is 18.2 Å². The molecule has 0 amide bonds. The summed E-state index contributed by atoms with van der Waals surface area (Å²) in [6.07, 6.45) is 0.750. The minimum absolute atomic E-state index is 0.356. The summed E-state index contributed by atoms with van der Waals surface area (Å²) < 4.78 is 1.54. The second-order valence-corrected chi connectivity index (χ2v) is 3.57. The molecule has 0 fully saturated rings. The second kappa shape index (κ2) is 3.88. The molecule has 0 unspecified atom stereocenters. The van der Waals surface area contributed by atoms with Crippen LogP contribution in [-0.2, 0) is 6.42 Å². The largest absolute Gasteiger partial charge is 0.368 e. The maximum absolute atomic E-state index is 5.78. The number of rotatable bonds is 2. The van der Waals surface area contributed by atoms with Crippen molar-refractivity contribution in [3.05, 3.63) is 23.4 Å². The van der Waals surface area contributed by atoms with Crippen LogP contribution < -0.4 is 5.73 Å². The van der Waals surface area contributed by atoms with Gasteiger partial charge in [0.05, 0.1) is 0 Å². The van der Waals surface area contributed by atoms with Gasteiger partial charge in [-0.2, -0.15) is 9.67 Å². The summed E-state index contributed by atoms with van der Waals surface area (Å²) in [6.45, 7) is 5.73. The molecule has 2 aromatic heterocycles. The number of nitrogens with two attached hydrogens (primary N) is 1. The van der Waals surface area contributed by atoms with Gasteiger partial charge in [0.15, 0.2) is 11.6 Å². The highest BCUT2D eigenvalue weighted by atomic mass is 15.4. The van der Waals surface area contributed by atoms with Crippen LogP contribution in [0.1, 0.15) is 24.3 Å². The molecule has 0 bridgehead atoms. The number of aromatic nitrogens is 5. The summed E-state index contributed by atoms with van der Waals surface area (Å²) in [4.78, 5) is 12.6. The molecule has 0 saturated carbocycles. The first-order valence-corrected chi connectivity index (χ1v) is 5.14. The second-order valence-electron chi connectivity index (χ2n) is 3.57. The van der Waals surface area contributed by atoms with Crippen LogP contribution >= 0.6 is 0 Å². The molecular formula is C10H14N6. The van der Waals surface area contributed by atoms with E-state index in [4.69, 9.17) is 5.73 Å². The lowest BCUT2D eigenvalue weighted by Crippen LogP contribution is -2.07. The van der Waals surface area contributed by atoms with Crippen molar-refractivity contribution in [1.29, 1.82) is 0 Å². The predicted molar refractivity (Wildman–Crippen MR) is 60.2 cm³/mol. The molecule has 2 rings (SSSR count). The van der Waals surface area contributed by atoms with E-state index in [-0.39, 0.29) is 0 Å². The standard InChI is InChI=1S/C10H14N6/c1-4-8-14-10(11)16(15-8)9-5-6(2)12-7(3)13-9/h5H,4H2,1-3H3,(H2,11,14,15). The average Bonchev–Trinajstić information content (AvgIpc) is 2.58. The van der Waals surface area contributed by atoms with E-state index in [2.05, 4.69) is 20.1 Å². The van der Waals surface area contributed by atoms with E-state index in [1.807, 2.05) is 26.8 Å². The van der Waals surface area contributed by atoms with Crippen molar-refractivity contribution >= 4 is 5.95 Å². The Morgan fingerprint density at radius 1 is 1.25 bits per heavy atom. The van der Waals surface area contributed by atoms with Gasteiger partial charge >= 0.3 is 0 Å². The molecule has 2 heterocycles. The van der Waals surface area contributed by atoms with Gasteiger partial charge in [0.1, 0.15) is 5.82 Å². The highest BCUT2D eigenvalue weighted by Gasteiger charge is 2.09. The Labute approximate surface area is 93.6 Å². The molecule has 0 radical (unpaired) electrons. The minimum Gasteiger partial charge on any atom is -0.368 e. The van der Waals surface area contributed by atoms with Crippen molar-refractivity contribution in [2.24, 2.45) is 0 Å². The van der Waals surface area contributed by atoms with E-state index in [9.17, 15) is 0 Å². The van der Waals surface area contributed by atoms with Gasteiger partial charge in [0.25, 0.3) is 0 Å². The fraction of sp³-hybridized carbons (Fsp3) is 0.400. The van der Waals surface area contributed by atoms with Crippen molar-refractivity contribution < 1.29 is 0 Å². The zero-order valence-corrected chi connectivity index (χ0v) is 9.60. The van der Waals surface area contributed by atoms with Gasteiger partial charge < -0.3 is 5.73 Å². The number of hydrogen-bond donors (Lipinski definition) is 1. The molecule has 0 saturated heterocycles. The summed E-state index contributed by atoms with van der Waals surface area (Å²) in [5.74, 6) is 2.43. The van der Waals surface area contributed by atoms with E-state index >= 15 is 0 Å². The zero-order chi connectivity index (χ0) is 11.7. The van der Waals surface area contributed by atoms with Crippen molar-refractivity contribution in [3.8, 4) is 5.82 Å². The van der Waals surface area contributed by atoms with Crippen LogP contribution in [0.5, 0.6) is 0 Å². The summed E-state index contributed by atoms with van der Waals surface area (Å²) in [7, 11) is 0. The fourth-order valence-corrected chi connectivity index (χ4v) is 1.49. The molecule has 16 heavy (non-hydrogen) atoms. The first-order valence-electron chi connectivity index (χ1n) is 5.14. The minimum atomic E-state index is 0.356. The van der Waals surface area contributed by atoms with E-state index in [0.29, 0.717) is 23.4 Å². The highest BCUT2D eigenvalue weighted by Crippen LogP contribution is 2.10. The Morgan fingerprint density at radius 2 is 2.00 bits per heavy atom. The van der Waals surface area contributed by atoms with Crippen molar-refractivity contribution in [3.63, 3.8) is 0 Å². The van der Waals surface area contributed by atoms with Crippen molar-refractivity contribution in [2.75, 3.05) is 5.73 Å². The molecular weight excluding hydrogens is 204 g/mol. The quantitative estimate of drug-likeness (QED) is 0.806. The molecule has 84 valence electrons. The number of aryl methyl sites for hydroxylation is 3. The topological polar surface area (TPSA) is 82.5 Å². The maximum atomic E-state index is 5.78. The fourth-order valence-electron chi connectivity index (χ4n) is 1.49. The van der Waals surface area contributed by atoms with Crippen LogP contribution in [0.2, 0.25) is 0 Å². The summed E-state index contributed by atoms with van der Waals surface area (Å²) in [6, 6.07) is 1.83. The van der Waals surface area contributed by atoms with E-state index in [0.717, 1.165) is 12.1 Å². The molecule has 0 aliphatic heterocycles. The van der Waals surface area contributed by atoms with E-state index in [1.54, 1.807) is 4.68 Å². The van der Waals surface area contributed by atoms with Gasteiger partial charge in [-0.15, -0.1) is 5.10 Å². The van der Waals surface area contributed by atoms with Crippen LogP contribution in [-0.4, -0.2) is 24.7 Å². The Morgan fingerprint density at radius 3 is 2.56 bits per heavy atom. The number of nitrogen functional groups attached to an aromatic ring is 1. The molecule has 0 aliphatic carbocycles. The Balaban J connectivity index is 2.53. The highest BCUT2D eigenvalue weighted by molar-refractivity contribution is 5.32. The lowest BCUT2D eigenvalue weighted by atomic mass is 10.4. The molecule has 6 nitrogen and oxygen atoms in total. The van der Waals surface area contributed by atoms with Gasteiger partial charge in [-0.1, -0.05) is 6.92 Å². The first kappa shape index (κ1) is 10.5. The van der Waals surface area contributed by atoms with Crippen LogP contribution in [0, 0.1) is 13.8 Å². The van der Waals surface area contributed by atoms with E-state index < -0.39 is 0 Å². The van der Waals surface area contributed by atoms with Gasteiger partial charge in [-0.25, -0.2) is 9.97 Å². The number of hydrogen-bond acceptors (Lipinski definition) is 5. The van der Waals surface area contributed by atoms with Crippen molar-refractivity contribution in [1.82, 2.24) is 24.7 Å². The third-order valence-electron chi connectivity index (χ3n) is 2.16. The van der Waals surface area contributed by atoms with E-state index in [1.165, 1.54) is 0 Å². The molecule has 6 heteroatoms. The first-order chi connectivity index (χ1) is 7.60. The number of anilines is 1. The van der Waals surface area contributed by atoms with Crippen LogP contribution in [0.4, 0.5) is 5.95 Å². The van der Waals surface area contributed by atoms with Crippen LogP contribution in [0.25, 0.3) is 5.82 Å². The molecule has 0 atom stereocenters. The molecule has 2 aromatic rings. The molecule has 0 spiro atoms. The lowest BCUT2D eigenvalue weighted by molar-refractivity contribution is 0.805. The Kier molecular flexibility index (Phi) is 2.55. The SMILES string of the molecule is CCc1nc(N)n(-c2cc(C)nc(C)n2)n1. The summed E-state index contributed by atoms with van der Waals surface area (Å²) >= 11 is 0. The Hall–Kier alpha value is -1.98. The summed E-state index contributed by atoms with van der Waals surface area (Å²) in [5.41, 5.74) is 6.66. The summed E-state index contributed by atoms with van der Waals surface area (Å²) in [5, 5.41) is 4.27. The maximum Gasteiger partial charge on any atom is 0.225 e. The average molecular weight is 218 g/mol. The van der Waals surface area contributed by atoms with Gasteiger partial charge in [0.2, 0.25) is 5.95 Å². The molecule has 0 aromatic carbocycles. The number of nitrogens with zero attached hydrogens (tertiary/aromatic N) is 5. The van der Waals surface area contributed by atoms with Crippen LogP contribution in [0.3, 0.4) is 0 Å². The predicted octanol–water partition coefficient (Wildman–Crippen LogP) is 0.819. The Bertz CT molecular complexity index is 496. The molecule has 0 aliphatic rings. The monoisotopic (exact) mass is 218 g/mol. The smallest absolute Gasteiger partial charge is 0.225 e. The third kappa shape index (κ3) is 1.86. The van der Waals surface area contributed by atoms with Crippen LogP contribution in [0.15, 0.2) is 6.07 Å². The molecule has 2 N–H and O–H groups in total. The van der Waals surface area contributed by atoms with Gasteiger partial charge in [-0.05, 0) is 13.8 Å². The lowest BCUT2D eigenvalue weighted by Gasteiger charge is -2.03. The van der Waals surface area contributed by atoms with Gasteiger partial charge in [-0.3, -0.25) is 0 Å².